The summed E-state index contributed by atoms with van der Waals surface area (Å²) in [4.78, 5) is 4.25. The van der Waals surface area contributed by atoms with E-state index >= 15 is 0 Å². The van der Waals surface area contributed by atoms with Gasteiger partial charge in [-0.2, -0.15) is 0 Å². The number of ether oxygens (including phenoxy) is 1. The van der Waals surface area contributed by atoms with E-state index in [9.17, 15) is 9.50 Å². The van der Waals surface area contributed by atoms with Gasteiger partial charge in [-0.15, -0.1) is 6.58 Å². The number of anilines is 1. The van der Waals surface area contributed by atoms with Gasteiger partial charge in [0.25, 0.3) is 0 Å². The van der Waals surface area contributed by atoms with Gasteiger partial charge in [0, 0.05) is 32.7 Å². The molecule has 27 heavy (non-hydrogen) atoms. The van der Waals surface area contributed by atoms with Gasteiger partial charge >= 0.3 is 0 Å². The number of halogens is 1. The standard InChI is InChI=1S/C22H27FN2O2/c1-2-7-18-8-3-6-11-22(18)27-17-19(26)16-24-12-14-25(15-13-24)21-10-5-4-9-20(21)23/h2-6,8-11,19,26H,1,7,12-17H2/t19-/m0/s1. The fraction of sp³-hybridized carbons (Fsp3) is 0.364. The van der Waals surface area contributed by atoms with Crippen molar-refractivity contribution in [1.82, 2.24) is 4.90 Å². The first kappa shape index (κ1) is 19.4. The van der Waals surface area contributed by atoms with Crippen LogP contribution in [0.5, 0.6) is 5.75 Å². The zero-order valence-corrected chi connectivity index (χ0v) is 15.6. The van der Waals surface area contributed by atoms with Crippen LogP contribution in [-0.4, -0.2) is 55.4 Å². The van der Waals surface area contributed by atoms with E-state index in [0.717, 1.165) is 43.9 Å². The summed E-state index contributed by atoms with van der Waals surface area (Å²) in [5, 5.41) is 10.4. The lowest BCUT2D eigenvalue weighted by Gasteiger charge is -2.37. The number of allylic oxidation sites excluding steroid dienone is 1. The SMILES string of the molecule is C=CCc1ccccc1OC[C@@H](O)CN1CCN(c2ccccc2F)CC1. The summed E-state index contributed by atoms with van der Waals surface area (Å²) in [5.74, 6) is 0.610. The molecule has 1 aliphatic rings. The van der Waals surface area contributed by atoms with Crippen molar-refractivity contribution in [2.45, 2.75) is 12.5 Å². The summed E-state index contributed by atoms with van der Waals surface area (Å²) < 4.78 is 19.7. The van der Waals surface area contributed by atoms with Gasteiger partial charge in [0.2, 0.25) is 0 Å². The molecule has 1 heterocycles. The Balaban J connectivity index is 1.45. The van der Waals surface area contributed by atoms with Crippen molar-refractivity contribution >= 4 is 5.69 Å². The second-order valence-electron chi connectivity index (χ2n) is 6.80. The predicted octanol–water partition coefficient (Wildman–Crippen LogP) is 3.12. The van der Waals surface area contributed by atoms with Crippen LogP contribution in [0.2, 0.25) is 0 Å². The number of aliphatic hydroxyl groups excluding tert-OH is 1. The van der Waals surface area contributed by atoms with Crippen LogP contribution in [0.3, 0.4) is 0 Å². The molecule has 1 atom stereocenters. The molecule has 1 aliphatic heterocycles. The van der Waals surface area contributed by atoms with Crippen molar-refractivity contribution in [2.75, 3.05) is 44.2 Å². The largest absolute Gasteiger partial charge is 0.491 e. The number of para-hydroxylation sites is 2. The maximum Gasteiger partial charge on any atom is 0.146 e. The Morgan fingerprint density at radius 1 is 1.07 bits per heavy atom. The maximum atomic E-state index is 13.9. The minimum absolute atomic E-state index is 0.183. The first-order valence-corrected chi connectivity index (χ1v) is 9.39. The monoisotopic (exact) mass is 370 g/mol. The molecule has 4 nitrogen and oxygen atoms in total. The van der Waals surface area contributed by atoms with E-state index in [0.29, 0.717) is 12.2 Å². The summed E-state index contributed by atoms with van der Waals surface area (Å²) in [6.07, 6.45) is 2.01. The Labute approximate surface area is 160 Å². The van der Waals surface area contributed by atoms with Crippen LogP contribution in [0.4, 0.5) is 10.1 Å². The summed E-state index contributed by atoms with van der Waals surface area (Å²) in [5.41, 5.74) is 1.72. The molecule has 0 bridgehead atoms. The molecule has 1 fully saturated rings. The van der Waals surface area contributed by atoms with Crippen LogP contribution in [0, 0.1) is 5.82 Å². The molecule has 0 radical (unpaired) electrons. The quantitative estimate of drug-likeness (QED) is 0.725. The lowest BCUT2D eigenvalue weighted by atomic mass is 10.1. The van der Waals surface area contributed by atoms with Crippen molar-refractivity contribution < 1.29 is 14.2 Å². The maximum absolute atomic E-state index is 13.9. The number of β-amino-alcohol motifs (C(OH)–C–C–N with tert-alkyl or cyclic N) is 1. The smallest absolute Gasteiger partial charge is 0.146 e. The van der Waals surface area contributed by atoms with Gasteiger partial charge in [0.05, 0.1) is 5.69 Å². The second-order valence-corrected chi connectivity index (χ2v) is 6.80. The highest BCUT2D eigenvalue weighted by Gasteiger charge is 2.21. The Morgan fingerprint density at radius 3 is 2.52 bits per heavy atom. The van der Waals surface area contributed by atoms with Gasteiger partial charge in [-0.25, -0.2) is 4.39 Å². The molecule has 144 valence electrons. The third-order valence-corrected chi connectivity index (χ3v) is 4.80. The lowest BCUT2D eigenvalue weighted by molar-refractivity contribution is 0.0660. The molecule has 1 N–H and O–H groups in total. The Kier molecular flexibility index (Phi) is 6.85. The molecular formula is C22H27FN2O2. The van der Waals surface area contributed by atoms with Crippen LogP contribution in [-0.2, 0) is 6.42 Å². The molecule has 0 saturated carbocycles. The van der Waals surface area contributed by atoms with Gasteiger partial charge in [-0.1, -0.05) is 36.4 Å². The van der Waals surface area contributed by atoms with Crippen molar-refractivity contribution in [3.63, 3.8) is 0 Å². The van der Waals surface area contributed by atoms with Gasteiger partial charge in [0.15, 0.2) is 0 Å². The number of benzene rings is 2. The molecule has 5 heteroatoms. The number of piperazine rings is 1. The van der Waals surface area contributed by atoms with E-state index in [1.807, 2.05) is 42.5 Å². The van der Waals surface area contributed by atoms with E-state index in [2.05, 4.69) is 16.4 Å². The van der Waals surface area contributed by atoms with Crippen LogP contribution in [0.1, 0.15) is 5.56 Å². The average Bonchev–Trinajstić information content (AvgIpc) is 2.69. The molecule has 0 unspecified atom stereocenters. The van der Waals surface area contributed by atoms with E-state index in [-0.39, 0.29) is 12.4 Å². The zero-order valence-electron chi connectivity index (χ0n) is 15.6. The van der Waals surface area contributed by atoms with Crippen molar-refractivity contribution in [1.29, 1.82) is 0 Å². The summed E-state index contributed by atoms with van der Waals surface area (Å²) in [7, 11) is 0. The second kappa shape index (κ2) is 9.53. The Bertz CT molecular complexity index is 745. The number of hydrogen-bond donors (Lipinski definition) is 1. The van der Waals surface area contributed by atoms with Crippen LogP contribution in [0.25, 0.3) is 0 Å². The molecule has 2 aromatic rings. The van der Waals surface area contributed by atoms with Gasteiger partial charge in [0.1, 0.15) is 24.3 Å². The Hall–Kier alpha value is -2.37. The first-order chi connectivity index (χ1) is 13.2. The summed E-state index contributed by atoms with van der Waals surface area (Å²) in [6, 6.07) is 14.7. The minimum Gasteiger partial charge on any atom is -0.491 e. The number of rotatable bonds is 8. The van der Waals surface area contributed by atoms with Crippen molar-refractivity contribution in [3.8, 4) is 5.75 Å². The highest BCUT2D eigenvalue weighted by molar-refractivity contribution is 5.48. The molecule has 0 spiro atoms. The summed E-state index contributed by atoms with van der Waals surface area (Å²) >= 11 is 0. The fourth-order valence-corrected chi connectivity index (χ4v) is 3.39. The summed E-state index contributed by atoms with van der Waals surface area (Å²) in [6.45, 7) is 7.64. The van der Waals surface area contributed by atoms with Gasteiger partial charge in [-0.05, 0) is 30.2 Å². The average molecular weight is 370 g/mol. The van der Waals surface area contributed by atoms with Crippen LogP contribution in [0.15, 0.2) is 61.2 Å². The number of nitrogens with zero attached hydrogens (tertiary/aromatic N) is 2. The minimum atomic E-state index is -0.568. The molecule has 0 aliphatic carbocycles. The molecule has 0 amide bonds. The van der Waals surface area contributed by atoms with E-state index in [4.69, 9.17) is 4.74 Å². The first-order valence-electron chi connectivity index (χ1n) is 9.39. The molecule has 1 saturated heterocycles. The molecule has 3 rings (SSSR count). The highest BCUT2D eigenvalue weighted by atomic mass is 19.1. The Morgan fingerprint density at radius 2 is 1.78 bits per heavy atom. The molecule has 2 aromatic carbocycles. The number of aliphatic hydroxyl groups is 1. The van der Waals surface area contributed by atoms with Crippen molar-refractivity contribution in [2.24, 2.45) is 0 Å². The molecule has 0 aromatic heterocycles. The highest BCUT2D eigenvalue weighted by Crippen LogP contribution is 2.21. The lowest BCUT2D eigenvalue weighted by Crippen LogP contribution is -2.49. The fourth-order valence-electron chi connectivity index (χ4n) is 3.39. The van der Waals surface area contributed by atoms with E-state index in [1.165, 1.54) is 6.07 Å². The third-order valence-electron chi connectivity index (χ3n) is 4.80. The zero-order chi connectivity index (χ0) is 19.1. The van der Waals surface area contributed by atoms with Crippen LogP contribution < -0.4 is 9.64 Å². The van der Waals surface area contributed by atoms with E-state index in [1.54, 1.807) is 6.07 Å². The third kappa shape index (κ3) is 5.31. The van der Waals surface area contributed by atoms with Gasteiger partial charge < -0.3 is 14.7 Å². The topological polar surface area (TPSA) is 35.9 Å². The van der Waals surface area contributed by atoms with Gasteiger partial charge in [-0.3, -0.25) is 4.90 Å². The van der Waals surface area contributed by atoms with Crippen LogP contribution >= 0.6 is 0 Å². The normalized spacial score (nSPS) is 16.1. The number of hydrogen-bond acceptors (Lipinski definition) is 4. The van der Waals surface area contributed by atoms with E-state index < -0.39 is 6.10 Å². The predicted molar refractivity (Wildman–Crippen MR) is 107 cm³/mol. The van der Waals surface area contributed by atoms with Crippen molar-refractivity contribution in [3.05, 3.63) is 72.6 Å². The molecular weight excluding hydrogens is 343 g/mol.